The molecule has 2 saturated heterocycles. The Bertz CT molecular complexity index is 946. The summed E-state index contributed by atoms with van der Waals surface area (Å²) in [6.45, 7) is 5.24. The third-order valence-corrected chi connectivity index (χ3v) is 6.79. The molecule has 0 radical (unpaired) electrons. The molecule has 3 fully saturated rings. The van der Waals surface area contributed by atoms with E-state index in [1.807, 2.05) is 30.6 Å². The van der Waals surface area contributed by atoms with Crippen LogP contribution in [0, 0.1) is 5.92 Å². The lowest BCUT2D eigenvalue weighted by Crippen LogP contribution is -2.26. The molecule has 0 spiro atoms. The molecule has 0 N–H and O–H groups in total. The number of aromatic nitrogens is 1. The van der Waals surface area contributed by atoms with Gasteiger partial charge in [0.25, 0.3) is 0 Å². The van der Waals surface area contributed by atoms with Crippen LogP contribution in [0.25, 0.3) is 0 Å². The second kappa shape index (κ2) is 7.51. The summed E-state index contributed by atoms with van der Waals surface area (Å²) in [5.41, 5.74) is 3.76. The lowest BCUT2D eigenvalue weighted by atomic mass is 9.94. The van der Waals surface area contributed by atoms with Crippen molar-refractivity contribution in [1.29, 1.82) is 0 Å². The van der Waals surface area contributed by atoms with Crippen molar-refractivity contribution in [2.24, 2.45) is 5.92 Å². The number of hydrogen-bond acceptors (Lipinski definition) is 5. The Hall–Kier alpha value is -2.73. The van der Waals surface area contributed by atoms with Crippen molar-refractivity contribution >= 4 is 17.6 Å². The average molecular weight is 405 g/mol. The molecule has 3 aliphatic rings. The summed E-state index contributed by atoms with van der Waals surface area (Å²) in [6, 6.07) is 12.6. The molecule has 156 valence electrons. The zero-order chi connectivity index (χ0) is 20.7. The number of likely N-dealkylation sites (tertiary alicyclic amines) is 1. The highest BCUT2D eigenvalue weighted by Crippen LogP contribution is 2.59. The minimum Gasteiger partial charge on any atom is -0.444 e. The number of hydrogen-bond donors (Lipinski definition) is 0. The average Bonchev–Trinajstić information content (AvgIpc) is 3.11. The highest BCUT2D eigenvalue weighted by atomic mass is 16.6. The van der Waals surface area contributed by atoms with Gasteiger partial charge >= 0.3 is 6.09 Å². The smallest absolute Gasteiger partial charge is 0.414 e. The van der Waals surface area contributed by atoms with Crippen LogP contribution < -0.4 is 4.90 Å². The third-order valence-electron chi connectivity index (χ3n) is 6.79. The molecule has 1 aromatic heterocycles. The fourth-order valence-electron chi connectivity index (χ4n) is 5.12. The topological polar surface area (TPSA) is 62.7 Å². The maximum absolute atomic E-state index is 12.3. The number of carbonyl (C=O) groups excluding carboxylic acids is 2. The van der Waals surface area contributed by atoms with Gasteiger partial charge in [-0.3, -0.25) is 14.8 Å². The minimum absolute atomic E-state index is 0.126. The van der Waals surface area contributed by atoms with Crippen LogP contribution in [-0.2, 0) is 21.5 Å². The molecule has 0 bridgehead atoms. The van der Waals surface area contributed by atoms with Gasteiger partial charge in [-0.05, 0) is 55.0 Å². The van der Waals surface area contributed by atoms with Gasteiger partial charge in [-0.25, -0.2) is 4.79 Å². The molecular formula is C24H27N3O3. The Morgan fingerprint density at radius 3 is 2.80 bits per heavy atom. The summed E-state index contributed by atoms with van der Waals surface area (Å²) in [5.74, 6) is 0.842. The number of anilines is 1. The van der Waals surface area contributed by atoms with Gasteiger partial charge in [-0.1, -0.05) is 18.2 Å². The van der Waals surface area contributed by atoms with Crippen molar-refractivity contribution in [2.45, 2.75) is 44.2 Å². The lowest BCUT2D eigenvalue weighted by Gasteiger charge is -2.21. The number of pyridine rings is 1. The van der Waals surface area contributed by atoms with Gasteiger partial charge in [0.2, 0.25) is 0 Å². The first-order valence-electron chi connectivity index (χ1n) is 10.7. The molecule has 3 heterocycles. The van der Waals surface area contributed by atoms with Gasteiger partial charge in [0.05, 0.1) is 6.54 Å². The number of ketones is 1. The van der Waals surface area contributed by atoms with Crippen LogP contribution in [0.15, 0.2) is 48.8 Å². The van der Waals surface area contributed by atoms with E-state index in [1.54, 1.807) is 11.8 Å². The predicted molar refractivity (Wildman–Crippen MR) is 113 cm³/mol. The van der Waals surface area contributed by atoms with E-state index in [0.29, 0.717) is 25.3 Å². The van der Waals surface area contributed by atoms with Gasteiger partial charge in [-0.15, -0.1) is 0 Å². The fourth-order valence-corrected chi connectivity index (χ4v) is 5.12. The number of cyclic esters (lactones) is 1. The highest BCUT2D eigenvalue weighted by molar-refractivity contribution is 5.89. The maximum Gasteiger partial charge on any atom is 0.414 e. The quantitative estimate of drug-likeness (QED) is 0.705. The largest absolute Gasteiger partial charge is 0.444 e. The normalized spacial score (nSPS) is 27.8. The number of benzene rings is 1. The van der Waals surface area contributed by atoms with Gasteiger partial charge in [0.15, 0.2) is 0 Å². The molecule has 6 nitrogen and oxygen atoms in total. The number of nitrogens with zero attached hydrogens (tertiary/aromatic N) is 3. The van der Waals surface area contributed by atoms with Crippen molar-refractivity contribution in [3.8, 4) is 0 Å². The summed E-state index contributed by atoms with van der Waals surface area (Å²) < 4.78 is 5.43. The van der Waals surface area contributed by atoms with Crippen molar-refractivity contribution < 1.29 is 14.3 Å². The molecule has 3 atom stereocenters. The maximum atomic E-state index is 12.3. The van der Waals surface area contributed by atoms with Crippen LogP contribution in [-0.4, -0.2) is 47.5 Å². The Labute approximate surface area is 176 Å². The van der Waals surface area contributed by atoms with Crippen LogP contribution in [0.1, 0.15) is 37.3 Å². The Morgan fingerprint density at radius 1 is 1.23 bits per heavy atom. The van der Waals surface area contributed by atoms with Gasteiger partial charge < -0.3 is 9.53 Å². The molecule has 1 aliphatic carbocycles. The predicted octanol–water partition coefficient (Wildman–Crippen LogP) is 3.55. The number of ether oxygens (including phenoxy) is 1. The molecular weight excluding hydrogens is 378 g/mol. The Morgan fingerprint density at radius 2 is 2.07 bits per heavy atom. The van der Waals surface area contributed by atoms with E-state index in [1.165, 1.54) is 17.5 Å². The van der Waals surface area contributed by atoms with Crippen molar-refractivity contribution in [3.05, 3.63) is 59.9 Å². The first kappa shape index (κ1) is 19.2. The number of piperidine rings is 1. The SMILES string of the molecule is CC(=O)CC[C@H]1CN(c2ccc(C34CC3CN(Cc3cccnc3)C4)cc2)C(=O)O1. The summed E-state index contributed by atoms with van der Waals surface area (Å²) in [5, 5.41) is 0. The second-order valence-corrected chi connectivity index (χ2v) is 8.99. The first-order valence-corrected chi connectivity index (χ1v) is 10.7. The molecule has 1 saturated carbocycles. The van der Waals surface area contributed by atoms with Crippen LogP contribution in [0.3, 0.4) is 0 Å². The number of Topliss-reactive ketones (excluding diaryl/α,β-unsaturated/α-hetero) is 1. The minimum atomic E-state index is -0.317. The highest BCUT2D eigenvalue weighted by Gasteiger charge is 2.60. The molecule has 5 rings (SSSR count). The molecule has 30 heavy (non-hydrogen) atoms. The van der Waals surface area contributed by atoms with E-state index in [9.17, 15) is 9.59 Å². The zero-order valence-corrected chi connectivity index (χ0v) is 17.3. The van der Waals surface area contributed by atoms with E-state index in [0.717, 1.165) is 25.3 Å². The van der Waals surface area contributed by atoms with E-state index in [4.69, 9.17) is 4.74 Å². The van der Waals surface area contributed by atoms with E-state index in [2.05, 4.69) is 28.1 Å². The molecule has 1 amide bonds. The van der Waals surface area contributed by atoms with Crippen LogP contribution in [0.2, 0.25) is 0 Å². The van der Waals surface area contributed by atoms with E-state index < -0.39 is 0 Å². The first-order chi connectivity index (χ1) is 14.5. The molecule has 2 aromatic rings. The van der Waals surface area contributed by atoms with Gasteiger partial charge in [0, 0.05) is 49.6 Å². The number of amides is 1. The van der Waals surface area contributed by atoms with Crippen LogP contribution in [0.5, 0.6) is 0 Å². The third kappa shape index (κ3) is 3.60. The number of rotatable bonds is 7. The fraction of sp³-hybridized carbons (Fsp3) is 0.458. The molecule has 2 unspecified atom stereocenters. The zero-order valence-electron chi connectivity index (χ0n) is 17.3. The summed E-state index contributed by atoms with van der Waals surface area (Å²) in [4.78, 5) is 31.9. The molecule has 2 aliphatic heterocycles. The molecule has 6 heteroatoms. The summed E-state index contributed by atoms with van der Waals surface area (Å²) >= 11 is 0. The van der Waals surface area contributed by atoms with Crippen molar-refractivity contribution in [2.75, 3.05) is 24.5 Å². The number of fused-ring (bicyclic) bond motifs is 1. The Kier molecular flexibility index (Phi) is 4.82. The van der Waals surface area contributed by atoms with Crippen molar-refractivity contribution in [1.82, 2.24) is 9.88 Å². The lowest BCUT2D eigenvalue weighted by molar-refractivity contribution is -0.117. The van der Waals surface area contributed by atoms with Crippen LogP contribution in [0.4, 0.5) is 10.5 Å². The monoisotopic (exact) mass is 405 g/mol. The van der Waals surface area contributed by atoms with Gasteiger partial charge in [-0.2, -0.15) is 0 Å². The van der Waals surface area contributed by atoms with E-state index >= 15 is 0 Å². The van der Waals surface area contributed by atoms with Crippen LogP contribution >= 0.6 is 0 Å². The number of carbonyl (C=O) groups is 2. The van der Waals surface area contributed by atoms with Gasteiger partial charge in [0.1, 0.15) is 11.9 Å². The second-order valence-electron chi connectivity index (χ2n) is 8.99. The van der Waals surface area contributed by atoms with Crippen molar-refractivity contribution in [3.63, 3.8) is 0 Å². The Balaban J connectivity index is 1.23. The summed E-state index contributed by atoms with van der Waals surface area (Å²) in [7, 11) is 0. The van der Waals surface area contributed by atoms with E-state index in [-0.39, 0.29) is 23.4 Å². The summed E-state index contributed by atoms with van der Waals surface area (Å²) in [6.07, 6.45) is 5.53. The standard InChI is InChI=1S/C24H27N3O3/c1-17(28)4-9-22-15-27(23(29)30-22)21-7-5-19(6-8-21)24-11-20(24)14-26(16-24)13-18-3-2-10-25-12-18/h2-3,5-8,10,12,20,22H,4,9,11,13-16H2,1H3/t20?,22-,24?/m0/s1. The molecule has 1 aromatic carbocycles.